The number of esters is 1. The van der Waals surface area contributed by atoms with Crippen LogP contribution in [0.2, 0.25) is 0 Å². The van der Waals surface area contributed by atoms with E-state index < -0.39 is 17.6 Å². The predicted octanol–water partition coefficient (Wildman–Crippen LogP) is 0.973. The number of ether oxygens (including phenoxy) is 1. The first kappa shape index (κ1) is 17.7. The van der Waals surface area contributed by atoms with Gasteiger partial charge in [0.25, 0.3) is 5.56 Å². The number of aryl methyl sites for hydroxylation is 1. The van der Waals surface area contributed by atoms with Gasteiger partial charge in [0.1, 0.15) is 24.2 Å². The molecule has 0 radical (unpaired) electrons. The second-order valence-corrected chi connectivity index (χ2v) is 5.77. The summed E-state index contributed by atoms with van der Waals surface area (Å²) in [6.45, 7) is 3.94. The highest BCUT2D eigenvalue weighted by atomic mass is 16.5. The van der Waals surface area contributed by atoms with Gasteiger partial charge in [0, 0.05) is 12.7 Å². The van der Waals surface area contributed by atoms with E-state index in [0.717, 1.165) is 12.8 Å². The summed E-state index contributed by atoms with van der Waals surface area (Å²) in [7, 11) is 0. The van der Waals surface area contributed by atoms with Gasteiger partial charge in [-0.2, -0.15) is 5.26 Å². The highest BCUT2D eigenvalue weighted by Gasteiger charge is 2.33. The van der Waals surface area contributed by atoms with E-state index in [-0.39, 0.29) is 24.6 Å². The maximum Gasteiger partial charge on any atom is 0.328 e. The van der Waals surface area contributed by atoms with E-state index in [4.69, 9.17) is 10.00 Å². The van der Waals surface area contributed by atoms with Crippen molar-refractivity contribution in [3.63, 3.8) is 0 Å². The van der Waals surface area contributed by atoms with Crippen LogP contribution in [0.1, 0.15) is 37.3 Å². The predicted molar refractivity (Wildman–Crippen MR) is 86.1 cm³/mol. The Balaban J connectivity index is 2.21. The zero-order valence-corrected chi connectivity index (χ0v) is 13.9. The molecule has 1 fully saturated rings. The van der Waals surface area contributed by atoms with Crippen LogP contribution >= 0.6 is 0 Å². The fraction of sp³-hybridized carbons (Fsp3) is 0.529. The molecule has 1 saturated heterocycles. The van der Waals surface area contributed by atoms with E-state index in [2.05, 4.69) is 0 Å². The van der Waals surface area contributed by atoms with Crippen molar-refractivity contribution in [2.24, 2.45) is 0 Å². The summed E-state index contributed by atoms with van der Waals surface area (Å²) < 4.78 is 6.26. The fourth-order valence-corrected chi connectivity index (χ4v) is 2.88. The van der Waals surface area contributed by atoms with Gasteiger partial charge in [-0.1, -0.05) is 0 Å². The van der Waals surface area contributed by atoms with Crippen LogP contribution in [-0.2, 0) is 20.9 Å². The molecule has 0 saturated carbocycles. The van der Waals surface area contributed by atoms with Crippen LogP contribution < -0.4 is 5.56 Å². The van der Waals surface area contributed by atoms with Crippen molar-refractivity contribution in [2.75, 3.05) is 13.2 Å². The monoisotopic (exact) mass is 331 g/mol. The Morgan fingerprint density at radius 3 is 2.83 bits per heavy atom. The van der Waals surface area contributed by atoms with Gasteiger partial charge in [0.2, 0.25) is 5.91 Å². The molecule has 1 aromatic rings. The van der Waals surface area contributed by atoms with Gasteiger partial charge in [0.15, 0.2) is 0 Å². The number of hydrogen-bond acceptors (Lipinski definition) is 5. The quantitative estimate of drug-likeness (QED) is 0.767. The van der Waals surface area contributed by atoms with Gasteiger partial charge in [0.05, 0.1) is 6.61 Å². The SMILES string of the molecule is CCOC(=O)C1CCCCN1C(=O)Cn1ccc(C)c(C#N)c1=O. The molecule has 2 heterocycles. The second kappa shape index (κ2) is 7.77. The fourth-order valence-electron chi connectivity index (χ4n) is 2.88. The number of carbonyl (C=O) groups excluding carboxylic acids is 2. The lowest BCUT2D eigenvalue weighted by molar-refractivity contribution is -0.156. The number of nitrogens with zero attached hydrogens (tertiary/aromatic N) is 3. The lowest BCUT2D eigenvalue weighted by Crippen LogP contribution is -2.50. The van der Waals surface area contributed by atoms with Gasteiger partial charge in [-0.15, -0.1) is 0 Å². The zero-order chi connectivity index (χ0) is 17.7. The molecular weight excluding hydrogens is 310 g/mol. The van der Waals surface area contributed by atoms with Crippen molar-refractivity contribution in [2.45, 2.75) is 45.7 Å². The van der Waals surface area contributed by atoms with Crippen LogP contribution in [0.5, 0.6) is 0 Å². The number of rotatable bonds is 4. The third-order valence-electron chi connectivity index (χ3n) is 4.17. The lowest BCUT2D eigenvalue weighted by Gasteiger charge is -2.34. The van der Waals surface area contributed by atoms with Crippen molar-refractivity contribution < 1.29 is 14.3 Å². The van der Waals surface area contributed by atoms with Crippen molar-refractivity contribution in [3.05, 3.63) is 33.7 Å². The summed E-state index contributed by atoms with van der Waals surface area (Å²) in [6.07, 6.45) is 3.74. The maximum absolute atomic E-state index is 12.6. The van der Waals surface area contributed by atoms with Crippen molar-refractivity contribution in [1.82, 2.24) is 9.47 Å². The highest BCUT2D eigenvalue weighted by Crippen LogP contribution is 2.19. The Morgan fingerprint density at radius 1 is 1.42 bits per heavy atom. The lowest BCUT2D eigenvalue weighted by atomic mass is 10.0. The molecule has 24 heavy (non-hydrogen) atoms. The Hall–Kier alpha value is -2.62. The van der Waals surface area contributed by atoms with Gasteiger partial charge < -0.3 is 14.2 Å². The number of likely N-dealkylation sites (tertiary alicyclic amines) is 1. The molecule has 2 rings (SSSR count). The van der Waals surface area contributed by atoms with Crippen LogP contribution in [-0.4, -0.2) is 40.5 Å². The standard InChI is InChI=1S/C17H21N3O4/c1-3-24-17(23)14-6-4-5-8-20(14)15(21)11-19-9-7-12(2)13(10-18)16(19)22/h7,9,14H,3-6,8,11H2,1-2H3. The maximum atomic E-state index is 12.6. The molecule has 7 nitrogen and oxygen atoms in total. The number of hydrogen-bond donors (Lipinski definition) is 0. The molecule has 1 aliphatic rings. The van der Waals surface area contributed by atoms with Crippen molar-refractivity contribution in [3.8, 4) is 6.07 Å². The Kier molecular flexibility index (Phi) is 5.74. The molecule has 0 N–H and O–H groups in total. The summed E-state index contributed by atoms with van der Waals surface area (Å²) in [4.78, 5) is 38.4. The van der Waals surface area contributed by atoms with Gasteiger partial charge in [-0.05, 0) is 44.7 Å². The van der Waals surface area contributed by atoms with Crippen molar-refractivity contribution >= 4 is 11.9 Å². The minimum absolute atomic E-state index is 0.0332. The zero-order valence-electron chi connectivity index (χ0n) is 13.9. The second-order valence-electron chi connectivity index (χ2n) is 5.77. The average molecular weight is 331 g/mol. The summed E-state index contributed by atoms with van der Waals surface area (Å²) in [6, 6.07) is 2.90. The molecule has 1 aromatic heterocycles. The number of amides is 1. The summed E-state index contributed by atoms with van der Waals surface area (Å²) in [5.74, 6) is -0.720. The van der Waals surface area contributed by atoms with Crippen LogP contribution in [0.3, 0.4) is 0 Å². The number of nitriles is 1. The molecule has 0 spiro atoms. The number of piperidine rings is 1. The van der Waals surface area contributed by atoms with Crippen LogP contribution in [0, 0.1) is 18.3 Å². The number of pyridine rings is 1. The average Bonchev–Trinajstić information content (AvgIpc) is 2.58. The molecule has 1 unspecified atom stereocenters. The van der Waals surface area contributed by atoms with E-state index in [1.165, 1.54) is 15.7 Å². The Morgan fingerprint density at radius 2 is 2.17 bits per heavy atom. The van der Waals surface area contributed by atoms with E-state index in [9.17, 15) is 14.4 Å². The molecule has 1 aliphatic heterocycles. The normalized spacial score (nSPS) is 17.2. The molecule has 0 aliphatic carbocycles. The van der Waals surface area contributed by atoms with E-state index in [0.29, 0.717) is 18.5 Å². The highest BCUT2D eigenvalue weighted by molar-refractivity contribution is 5.84. The first-order valence-electron chi connectivity index (χ1n) is 8.05. The summed E-state index contributed by atoms with van der Waals surface area (Å²) in [5.41, 5.74) is 0.120. The van der Waals surface area contributed by atoms with Crippen LogP contribution in [0.15, 0.2) is 17.1 Å². The number of carbonyl (C=O) groups is 2. The minimum Gasteiger partial charge on any atom is -0.464 e. The smallest absolute Gasteiger partial charge is 0.328 e. The number of aromatic nitrogens is 1. The topological polar surface area (TPSA) is 92.4 Å². The Labute approximate surface area is 140 Å². The third kappa shape index (κ3) is 3.65. The van der Waals surface area contributed by atoms with Gasteiger partial charge >= 0.3 is 5.97 Å². The third-order valence-corrected chi connectivity index (χ3v) is 4.17. The molecule has 7 heteroatoms. The molecule has 1 atom stereocenters. The molecule has 0 bridgehead atoms. The summed E-state index contributed by atoms with van der Waals surface area (Å²) in [5, 5.41) is 9.06. The first-order valence-corrected chi connectivity index (χ1v) is 8.05. The van der Waals surface area contributed by atoms with E-state index in [1.54, 1.807) is 19.9 Å². The minimum atomic E-state index is -0.595. The van der Waals surface area contributed by atoms with E-state index >= 15 is 0 Å². The Bertz CT molecular complexity index is 732. The van der Waals surface area contributed by atoms with Crippen LogP contribution in [0.25, 0.3) is 0 Å². The first-order chi connectivity index (χ1) is 11.5. The molecule has 0 aromatic carbocycles. The van der Waals surface area contributed by atoms with Crippen LogP contribution in [0.4, 0.5) is 0 Å². The molecular formula is C17H21N3O4. The van der Waals surface area contributed by atoms with Gasteiger partial charge in [-0.25, -0.2) is 4.79 Å². The molecule has 128 valence electrons. The largest absolute Gasteiger partial charge is 0.464 e. The van der Waals surface area contributed by atoms with Gasteiger partial charge in [-0.3, -0.25) is 9.59 Å². The summed E-state index contributed by atoms with van der Waals surface area (Å²) >= 11 is 0. The van der Waals surface area contributed by atoms with Crippen molar-refractivity contribution in [1.29, 1.82) is 5.26 Å². The molecule has 1 amide bonds. The van der Waals surface area contributed by atoms with E-state index in [1.807, 2.05) is 6.07 Å².